The zero-order valence-electron chi connectivity index (χ0n) is 8.68. The van der Waals surface area contributed by atoms with Crippen LogP contribution in [0.3, 0.4) is 0 Å². The van der Waals surface area contributed by atoms with E-state index in [0.717, 1.165) is 11.0 Å². The van der Waals surface area contributed by atoms with E-state index in [4.69, 9.17) is 5.73 Å². The summed E-state index contributed by atoms with van der Waals surface area (Å²) in [5.41, 5.74) is 8.09. The van der Waals surface area contributed by atoms with Gasteiger partial charge in [0.2, 0.25) is 0 Å². The molecule has 14 heavy (non-hydrogen) atoms. The summed E-state index contributed by atoms with van der Waals surface area (Å²) >= 11 is 3.48. The zero-order chi connectivity index (χ0) is 10.6. The van der Waals surface area contributed by atoms with Crippen molar-refractivity contribution in [2.75, 3.05) is 6.54 Å². The number of benzene rings is 1. The van der Waals surface area contributed by atoms with Crippen LogP contribution in [0.1, 0.15) is 18.1 Å². The third kappa shape index (κ3) is 3.78. The Hall–Kier alpha value is -0.380. The molecular formula is C11H17BrN2. The molecular weight excluding hydrogens is 240 g/mol. The van der Waals surface area contributed by atoms with Crippen molar-refractivity contribution in [3.63, 3.8) is 0 Å². The van der Waals surface area contributed by atoms with Gasteiger partial charge in [-0.05, 0) is 37.1 Å². The molecule has 0 aliphatic heterocycles. The van der Waals surface area contributed by atoms with E-state index < -0.39 is 0 Å². The first-order chi connectivity index (χ1) is 6.61. The van der Waals surface area contributed by atoms with E-state index in [1.165, 1.54) is 11.1 Å². The third-order valence-electron chi connectivity index (χ3n) is 2.11. The molecule has 0 aromatic heterocycles. The summed E-state index contributed by atoms with van der Waals surface area (Å²) < 4.78 is 1.13. The molecule has 0 spiro atoms. The van der Waals surface area contributed by atoms with E-state index >= 15 is 0 Å². The number of nitrogens with two attached hydrogens (primary N) is 1. The lowest BCUT2D eigenvalue weighted by atomic mass is 10.1. The van der Waals surface area contributed by atoms with Gasteiger partial charge >= 0.3 is 0 Å². The van der Waals surface area contributed by atoms with Gasteiger partial charge in [-0.3, -0.25) is 0 Å². The maximum absolute atomic E-state index is 5.52. The normalized spacial score (nSPS) is 12.9. The number of aryl methyl sites for hydroxylation is 1. The van der Waals surface area contributed by atoms with E-state index in [1.54, 1.807) is 0 Å². The number of hydrogen-bond donors (Lipinski definition) is 2. The molecule has 1 rings (SSSR count). The standard InChI is InChI=1S/C11H17BrN2/c1-8-3-10(5-11(12)4-8)7-14-9(2)6-13/h3-5,9,14H,6-7,13H2,1-2H3/t9-/m0/s1. The third-order valence-corrected chi connectivity index (χ3v) is 2.57. The van der Waals surface area contributed by atoms with Gasteiger partial charge in [0.05, 0.1) is 0 Å². The first-order valence-electron chi connectivity index (χ1n) is 4.81. The Bertz CT molecular complexity index is 279. The Morgan fingerprint density at radius 1 is 1.43 bits per heavy atom. The highest BCUT2D eigenvalue weighted by atomic mass is 79.9. The molecule has 3 N–H and O–H groups in total. The molecule has 0 radical (unpaired) electrons. The molecule has 0 heterocycles. The highest BCUT2D eigenvalue weighted by Gasteiger charge is 1.99. The van der Waals surface area contributed by atoms with Crippen LogP contribution < -0.4 is 11.1 Å². The number of nitrogens with one attached hydrogen (secondary N) is 1. The fourth-order valence-corrected chi connectivity index (χ4v) is 1.94. The molecule has 78 valence electrons. The molecule has 2 nitrogen and oxygen atoms in total. The van der Waals surface area contributed by atoms with Crippen LogP contribution in [0.4, 0.5) is 0 Å². The Morgan fingerprint density at radius 3 is 2.71 bits per heavy atom. The molecule has 0 saturated heterocycles. The average Bonchev–Trinajstić information content (AvgIpc) is 2.12. The van der Waals surface area contributed by atoms with Crippen molar-refractivity contribution in [2.24, 2.45) is 5.73 Å². The lowest BCUT2D eigenvalue weighted by molar-refractivity contribution is 0.556. The second-order valence-electron chi connectivity index (χ2n) is 3.65. The summed E-state index contributed by atoms with van der Waals surface area (Å²) in [5, 5.41) is 3.36. The molecule has 0 unspecified atom stereocenters. The summed E-state index contributed by atoms with van der Waals surface area (Å²) in [6, 6.07) is 6.79. The predicted molar refractivity (Wildman–Crippen MR) is 64.2 cm³/mol. The average molecular weight is 257 g/mol. The van der Waals surface area contributed by atoms with Crippen LogP contribution in [0.15, 0.2) is 22.7 Å². The number of halogens is 1. The highest BCUT2D eigenvalue weighted by Crippen LogP contribution is 2.15. The predicted octanol–water partition coefficient (Wildman–Crippen LogP) is 2.19. The van der Waals surface area contributed by atoms with Gasteiger partial charge < -0.3 is 11.1 Å². The second-order valence-corrected chi connectivity index (χ2v) is 4.57. The van der Waals surface area contributed by atoms with E-state index in [1.807, 2.05) is 0 Å². The molecule has 1 aromatic carbocycles. The summed E-state index contributed by atoms with van der Waals surface area (Å²) in [6.45, 7) is 5.73. The van der Waals surface area contributed by atoms with Gasteiger partial charge in [0, 0.05) is 23.6 Å². The van der Waals surface area contributed by atoms with Crippen molar-refractivity contribution in [2.45, 2.75) is 26.4 Å². The van der Waals surface area contributed by atoms with Crippen molar-refractivity contribution in [1.29, 1.82) is 0 Å². The first-order valence-corrected chi connectivity index (χ1v) is 5.60. The highest BCUT2D eigenvalue weighted by molar-refractivity contribution is 9.10. The SMILES string of the molecule is Cc1cc(Br)cc(CN[C@@H](C)CN)c1. The quantitative estimate of drug-likeness (QED) is 0.867. The lowest BCUT2D eigenvalue weighted by Gasteiger charge is -2.11. The lowest BCUT2D eigenvalue weighted by Crippen LogP contribution is -2.32. The minimum atomic E-state index is 0.370. The minimum Gasteiger partial charge on any atom is -0.329 e. The van der Waals surface area contributed by atoms with E-state index in [2.05, 4.69) is 53.3 Å². The van der Waals surface area contributed by atoms with Crippen molar-refractivity contribution in [3.05, 3.63) is 33.8 Å². The van der Waals surface area contributed by atoms with Gasteiger partial charge in [0.1, 0.15) is 0 Å². The van der Waals surface area contributed by atoms with E-state index in [-0.39, 0.29) is 0 Å². The molecule has 1 aromatic rings. The van der Waals surface area contributed by atoms with Gasteiger partial charge in [-0.1, -0.05) is 22.0 Å². The summed E-state index contributed by atoms with van der Waals surface area (Å²) in [4.78, 5) is 0. The summed E-state index contributed by atoms with van der Waals surface area (Å²) in [6.07, 6.45) is 0. The summed E-state index contributed by atoms with van der Waals surface area (Å²) in [5.74, 6) is 0. The molecule has 3 heteroatoms. The van der Waals surface area contributed by atoms with E-state index in [9.17, 15) is 0 Å². The minimum absolute atomic E-state index is 0.370. The van der Waals surface area contributed by atoms with Gasteiger partial charge in [0.15, 0.2) is 0 Å². The Labute approximate surface area is 94.0 Å². The fourth-order valence-electron chi connectivity index (χ4n) is 1.29. The van der Waals surface area contributed by atoms with Crippen LogP contribution in [0.25, 0.3) is 0 Å². The smallest absolute Gasteiger partial charge is 0.0209 e. The van der Waals surface area contributed by atoms with Crippen LogP contribution in [-0.2, 0) is 6.54 Å². The van der Waals surface area contributed by atoms with Crippen LogP contribution in [-0.4, -0.2) is 12.6 Å². The van der Waals surface area contributed by atoms with E-state index in [0.29, 0.717) is 12.6 Å². The molecule has 0 bridgehead atoms. The molecule has 1 atom stereocenters. The second kappa shape index (κ2) is 5.49. The zero-order valence-corrected chi connectivity index (χ0v) is 10.3. The molecule has 0 aliphatic rings. The van der Waals surface area contributed by atoms with Crippen LogP contribution in [0, 0.1) is 6.92 Å². The van der Waals surface area contributed by atoms with Gasteiger partial charge in [-0.2, -0.15) is 0 Å². The fraction of sp³-hybridized carbons (Fsp3) is 0.455. The maximum Gasteiger partial charge on any atom is 0.0209 e. The van der Waals surface area contributed by atoms with Crippen LogP contribution in [0.5, 0.6) is 0 Å². The molecule has 0 aliphatic carbocycles. The van der Waals surface area contributed by atoms with Crippen LogP contribution in [0.2, 0.25) is 0 Å². The molecule has 0 saturated carbocycles. The molecule has 0 fully saturated rings. The van der Waals surface area contributed by atoms with Crippen molar-refractivity contribution >= 4 is 15.9 Å². The van der Waals surface area contributed by atoms with Gasteiger partial charge in [0.25, 0.3) is 0 Å². The number of rotatable bonds is 4. The van der Waals surface area contributed by atoms with Crippen molar-refractivity contribution in [3.8, 4) is 0 Å². The van der Waals surface area contributed by atoms with Gasteiger partial charge in [-0.15, -0.1) is 0 Å². The van der Waals surface area contributed by atoms with Crippen LogP contribution >= 0.6 is 15.9 Å². The van der Waals surface area contributed by atoms with Crippen molar-refractivity contribution < 1.29 is 0 Å². The van der Waals surface area contributed by atoms with Gasteiger partial charge in [-0.25, -0.2) is 0 Å². The Kier molecular flexibility index (Phi) is 4.58. The monoisotopic (exact) mass is 256 g/mol. The van der Waals surface area contributed by atoms with Crippen molar-refractivity contribution in [1.82, 2.24) is 5.32 Å². The number of hydrogen-bond acceptors (Lipinski definition) is 2. The molecule has 0 amide bonds. The largest absolute Gasteiger partial charge is 0.329 e. The Morgan fingerprint density at radius 2 is 2.14 bits per heavy atom. The Balaban J connectivity index is 2.58. The topological polar surface area (TPSA) is 38.0 Å². The maximum atomic E-state index is 5.52. The summed E-state index contributed by atoms with van der Waals surface area (Å²) in [7, 11) is 0. The first kappa shape index (κ1) is 11.7.